The van der Waals surface area contributed by atoms with Gasteiger partial charge in [-0.25, -0.2) is 13.4 Å². The third-order valence-corrected chi connectivity index (χ3v) is 6.81. The molecule has 2 heterocycles. The monoisotopic (exact) mass is 374 g/mol. The molecule has 0 bridgehead atoms. The predicted molar refractivity (Wildman–Crippen MR) is 95.8 cm³/mol. The number of rotatable bonds is 5. The molecule has 0 amide bonds. The van der Waals surface area contributed by atoms with Crippen molar-refractivity contribution in [3.63, 3.8) is 0 Å². The summed E-state index contributed by atoms with van der Waals surface area (Å²) < 4.78 is 27.3. The van der Waals surface area contributed by atoms with Gasteiger partial charge in [-0.15, -0.1) is 21.5 Å². The van der Waals surface area contributed by atoms with Gasteiger partial charge in [0.25, 0.3) is 5.16 Å². The Labute approximate surface area is 150 Å². The van der Waals surface area contributed by atoms with Crippen LogP contribution in [-0.4, -0.2) is 28.2 Å². The van der Waals surface area contributed by atoms with Gasteiger partial charge in [0, 0.05) is 11.3 Å². The number of aryl methyl sites for hydroxylation is 2. The maximum atomic E-state index is 12.9. The maximum Gasteiger partial charge on any atom is 0.254 e. The normalized spacial score (nSPS) is 14.8. The van der Waals surface area contributed by atoms with E-state index in [-0.39, 0.29) is 10.9 Å². The molecule has 3 aromatic rings. The first kappa shape index (κ1) is 16.4. The predicted octanol–water partition coefficient (Wildman–Crippen LogP) is 3.19. The number of nitrogens with zero attached hydrogens (tertiary/aromatic N) is 4. The highest BCUT2D eigenvalue weighted by Crippen LogP contribution is 2.41. The highest BCUT2D eigenvalue weighted by atomic mass is 32.2. The van der Waals surface area contributed by atoms with Gasteiger partial charge < -0.3 is 0 Å². The number of thiazole rings is 1. The van der Waals surface area contributed by atoms with Gasteiger partial charge >= 0.3 is 0 Å². The second-order valence-corrected chi connectivity index (χ2v) is 9.26. The third-order valence-electron chi connectivity index (χ3n) is 4.24. The molecule has 130 valence electrons. The molecule has 1 aliphatic carbocycles. The van der Waals surface area contributed by atoms with Crippen LogP contribution in [0.5, 0.6) is 0 Å². The zero-order valence-corrected chi connectivity index (χ0v) is 15.6. The van der Waals surface area contributed by atoms with E-state index in [0.29, 0.717) is 11.6 Å². The molecule has 0 aliphatic heterocycles. The van der Waals surface area contributed by atoms with Gasteiger partial charge in [-0.3, -0.25) is 4.57 Å². The number of sulfone groups is 1. The Morgan fingerprint density at radius 1 is 1.28 bits per heavy atom. The molecule has 0 radical (unpaired) electrons. The van der Waals surface area contributed by atoms with E-state index in [4.69, 9.17) is 0 Å². The molecule has 1 aliphatic rings. The first-order chi connectivity index (χ1) is 11.9. The highest BCUT2D eigenvalue weighted by molar-refractivity contribution is 7.90. The Kier molecular flexibility index (Phi) is 3.96. The van der Waals surface area contributed by atoms with Crippen LogP contribution < -0.4 is 0 Å². The van der Waals surface area contributed by atoms with Crippen LogP contribution >= 0.6 is 11.3 Å². The first-order valence-electron chi connectivity index (χ1n) is 8.09. The quantitative estimate of drug-likeness (QED) is 0.685. The second-order valence-electron chi connectivity index (χ2n) is 6.48. The van der Waals surface area contributed by atoms with Crippen molar-refractivity contribution in [1.82, 2.24) is 19.7 Å². The number of hydrogen-bond acceptors (Lipinski definition) is 6. The van der Waals surface area contributed by atoms with E-state index in [1.165, 1.54) is 10.9 Å². The van der Waals surface area contributed by atoms with E-state index in [9.17, 15) is 8.42 Å². The lowest BCUT2D eigenvalue weighted by atomic mass is 10.1. The van der Waals surface area contributed by atoms with Crippen LogP contribution in [-0.2, 0) is 15.6 Å². The van der Waals surface area contributed by atoms with Crippen LogP contribution in [0.1, 0.15) is 40.6 Å². The van der Waals surface area contributed by atoms with Crippen LogP contribution in [0.3, 0.4) is 0 Å². The lowest BCUT2D eigenvalue weighted by Crippen LogP contribution is -2.13. The molecule has 1 saturated carbocycles. The van der Waals surface area contributed by atoms with Crippen molar-refractivity contribution in [1.29, 1.82) is 0 Å². The molecule has 2 aromatic heterocycles. The zero-order chi connectivity index (χ0) is 17.6. The lowest BCUT2D eigenvalue weighted by molar-refractivity contribution is 0.581. The standard InChI is InChI=1S/C17H18N4O2S2/c1-11-3-6-15(12(2)7-11)21-10-18-20-17(21)25(22,23)9-14-8-24-16(19-14)13-4-5-13/h3,6-8,10,13H,4-5,9H2,1-2H3. The van der Waals surface area contributed by atoms with Crippen LogP contribution in [0.15, 0.2) is 35.1 Å². The zero-order valence-electron chi connectivity index (χ0n) is 14.0. The van der Waals surface area contributed by atoms with Gasteiger partial charge in [0.15, 0.2) is 0 Å². The van der Waals surface area contributed by atoms with Crippen LogP contribution in [0.2, 0.25) is 0 Å². The van der Waals surface area contributed by atoms with E-state index in [1.54, 1.807) is 11.3 Å². The van der Waals surface area contributed by atoms with Gasteiger partial charge in [-0.05, 0) is 38.3 Å². The number of hydrogen-bond donors (Lipinski definition) is 0. The molecule has 0 unspecified atom stereocenters. The number of aromatic nitrogens is 4. The molecule has 8 heteroatoms. The average molecular weight is 374 g/mol. The smallest absolute Gasteiger partial charge is 0.254 e. The van der Waals surface area contributed by atoms with Crippen molar-refractivity contribution in [2.24, 2.45) is 0 Å². The molecule has 0 saturated heterocycles. The van der Waals surface area contributed by atoms with Crippen molar-refractivity contribution < 1.29 is 8.42 Å². The Balaban J connectivity index is 1.67. The summed E-state index contributed by atoms with van der Waals surface area (Å²) in [5.74, 6) is 0.375. The largest absolute Gasteiger partial charge is 0.272 e. The fourth-order valence-electron chi connectivity index (χ4n) is 2.84. The Morgan fingerprint density at radius 3 is 2.80 bits per heavy atom. The van der Waals surface area contributed by atoms with Gasteiger partial charge in [-0.2, -0.15) is 0 Å². The number of benzene rings is 1. The topological polar surface area (TPSA) is 77.7 Å². The highest BCUT2D eigenvalue weighted by Gasteiger charge is 2.29. The lowest BCUT2D eigenvalue weighted by Gasteiger charge is -2.10. The minimum Gasteiger partial charge on any atom is -0.272 e. The minimum atomic E-state index is -3.63. The van der Waals surface area contributed by atoms with E-state index in [2.05, 4.69) is 15.2 Å². The molecule has 0 N–H and O–H groups in total. The SMILES string of the molecule is Cc1ccc(-n2cnnc2S(=O)(=O)Cc2csc(C3CC3)n2)c(C)c1. The van der Waals surface area contributed by atoms with Crippen LogP contribution in [0.4, 0.5) is 0 Å². The molecule has 0 spiro atoms. The van der Waals surface area contributed by atoms with Gasteiger partial charge in [0.05, 0.1) is 16.4 Å². The fourth-order valence-corrected chi connectivity index (χ4v) is 5.22. The second kappa shape index (κ2) is 6.03. The summed E-state index contributed by atoms with van der Waals surface area (Å²) in [4.78, 5) is 4.48. The van der Waals surface area contributed by atoms with Crippen molar-refractivity contribution >= 4 is 21.2 Å². The molecule has 1 aromatic carbocycles. The Bertz CT molecular complexity index is 1030. The summed E-state index contributed by atoms with van der Waals surface area (Å²) in [6.45, 7) is 3.95. The van der Waals surface area contributed by atoms with Crippen molar-refractivity contribution in [3.05, 3.63) is 51.7 Å². The molecule has 1 fully saturated rings. The first-order valence-corrected chi connectivity index (χ1v) is 10.6. The molecule has 0 atom stereocenters. The van der Waals surface area contributed by atoms with Crippen LogP contribution in [0.25, 0.3) is 5.69 Å². The Hall–Kier alpha value is -2.06. The van der Waals surface area contributed by atoms with Gasteiger partial charge in [0.2, 0.25) is 9.84 Å². The minimum absolute atomic E-state index is 0.0413. The van der Waals surface area contributed by atoms with E-state index in [1.807, 2.05) is 37.4 Å². The van der Waals surface area contributed by atoms with Crippen molar-refractivity contribution in [2.45, 2.75) is 43.5 Å². The molecule has 25 heavy (non-hydrogen) atoms. The summed E-state index contributed by atoms with van der Waals surface area (Å²) in [6.07, 6.45) is 3.75. The molecular formula is C17H18N4O2S2. The van der Waals surface area contributed by atoms with Crippen LogP contribution in [0, 0.1) is 13.8 Å². The summed E-state index contributed by atoms with van der Waals surface area (Å²) in [7, 11) is -3.63. The van der Waals surface area contributed by atoms with Crippen molar-refractivity contribution in [2.75, 3.05) is 0 Å². The van der Waals surface area contributed by atoms with Gasteiger partial charge in [-0.1, -0.05) is 17.7 Å². The summed E-state index contributed by atoms with van der Waals surface area (Å²) in [5, 5.41) is 10.5. The van der Waals surface area contributed by atoms with E-state index < -0.39 is 9.84 Å². The van der Waals surface area contributed by atoms with Gasteiger partial charge in [0.1, 0.15) is 12.1 Å². The molecular weight excluding hydrogens is 356 g/mol. The summed E-state index contributed by atoms with van der Waals surface area (Å²) in [5.41, 5.74) is 3.45. The van der Waals surface area contributed by atoms with E-state index >= 15 is 0 Å². The van der Waals surface area contributed by atoms with Crippen molar-refractivity contribution in [3.8, 4) is 5.69 Å². The average Bonchev–Trinajstić information content (AvgIpc) is 3.09. The molecule has 6 nitrogen and oxygen atoms in total. The summed E-state index contributed by atoms with van der Waals surface area (Å²) >= 11 is 1.54. The maximum absolute atomic E-state index is 12.9. The van der Waals surface area contributed by atoms with E-state index in [0.717, 1.165) is 34.7 Å². The molecule has 4 rings (SSSR count). The Morgan fingerprint density at radius 2 is 2.08 bits per heavy atom. The fraction of sp³-hybridized carbons (Fsp3) is 0.353. The summed E-state index contributed by atoms with van der Waals surface area (Å²) in [6, 6.07) is 5.84. The third kappa shape index (κ3) is 3.23.